The van der Waals surface area contributed by atoms with Gasteiger partial charge in [-0.25, -0.2) is 9.69 Å². The van der Waals surface area contributed by atoms with E-state index in [1.54, 1.807) is 11.9 Å². The first kappa shape index (κ1) is 10.9. The molecule has 6 heteroatoms. The van der Waals surface area contributed by atoms with Gasteiger partial charge >= 0.3 is 6.09 Å². The average Bonchev–Trinajstić information content (AvgIpc) is 2.51. The van der Waals surface area contributed by atoms with Crippen LogP contribution in [0.3, 0.4) is 0 Å². The molecule has 14 heavy (non-hydrogen) atoms. The van der Waals surface area contributed by atoms with Crippen LogP contribution in [0.1, 0.15) is 0 Å². The minimum Gasteiger partial charge on any atom is -0.447 e. The summed E-state index contributed by atoms with van der Waals surface area (Å²) in [5, 5.41) is 0. The molecule has 2 amide bonds. The molecular formula is C8H15N3O3. The average molecular weight is 201 g/mol. The zero-order valence-electron chi connectivity index (χ0n) is 8.23. The summed E-state index contributed by atoms with van der Waals surface area (Å²) in [7, 11) is 1.78. The Bertz CT molecular complexity index is 232. The summed E-state index contributed by atoms with van der Waals surface area (Å²) in [6, 6.07) is 0. The van der Waals surface area contributed by atoms with E-state index in [2.05, 4.69) is 4.74 Å². The Balaban J connectivity index is 2.37. The molecule has 0 aromatic carbocycles. The predicted octanol–water partition coefficient (Wildman–Crippen LogP) is -1.14. The summed E-state index contributed by atoms with van der Waals surface area (Å²) in [5.41, 5.74) is 5.33. The topological polar surface area (TPSA) is 75.9 Å². The molecule has 0 unspecified atom stereocenters. The molecule has 0 aliphatic carbocycles. The van der Waals surface area contributed by atoms with Crippen molar-refractivity contribution < 1.29 is 14.3 Å². The number of cyclic esters (lactones) is 1. The van der Waals surface area contributed by atoms with Crippen LogP contribution >= 0.6 is 0 Å². The number of hydrogen-bond donors (Lipinski definition) is 1. The molecule has 0 saturated carbocycles. The molecule has 1 aliphatic heterocycles. The van der Waals surface area contributed by atoms with Crippen LogP contribution in [-0.2, 0) is 9.53 Å². The molecule has 6 nitrogen and oxygen atoms in total. The third-order valence-electron chi connectivity index (χ3n) is 1.98. The first-order chi connectivity index (χ1) is 6.65. The van der Waals surface area contributed by atoms with Gasteiger partial charge in [0.25, 0.3) is 0 Å². The molecule has 1 rings (SSSR count). The summed E-state index contributed by atoms with van der Waals surface area (Å²) >= 11 is 0. The third-order valence-corrected chi connectivity index (χ3v) is 1.98. The minimum absolute atomic E-state index is 0.201. The Morgan fingerprint density at radius 3 is 2.93 bits per heavy atom. The van der Waals surface area contributed by atoms with Gasteiger partial charge in [-0.3, -0.25) is 9.69 Å². The highest BCUT2D eigenvalue weighted by molar-refractivity contribution is 5.93. The van der Waals surface area contributed by atoms with Crippen molar-refractivity contribution in [3.63, 3.8) is 0 Å². The Kier molecular flexibility index (Phi) is 3.84. The molecule has 80 valence electrons. The summed E-state index contributed by atoms with van der Waals surface area (Å²) in [6.07, 6.45) is -0.545. The van der Waals surface area contributed by atoms with E-state index in [-0.39, 0.29) is 12.5 Å². The summed E-state index contributed by atoms with van der Waals surface area (Å²) in [5.74, 6) is -0.233. The van der Waals surface area contributed by atoms with Crippen LogP contribution in [0.15, 0.2) is 0 Å². The van der Waals surface area contributed by atoms with Crippen molar-refractivity contribution in [3.05, 3.63) is 0 Å². The van der Waals surface area contributed by atoms with E-state index in [1.807, 2.05) is 0 Å². The van der Waals surface area contributed by atoms with E-state index in [4.69, 9.17) is 5.73 Å². The molecule has 0 spiro atoms. The normalized spacial score (nSPS) is 16.2. The van der Waals surface area contributed by atoms with Gasteiger partial charge in [0.05, 0.1) is 13.1 Å². The molecule has 0 aromatic rings. The summed E-state index contributed by atoms with van der Waals surface area (Å²) in [6.45, 7) is 1.98. The number of ether oxygens (including phenoxy) is 1. The highest BCUT2D eigenvalue weighted by Crippen LogP contribution is 2.03. The highest BCUT2D eigenvalue weighted by Gasteiger charge is 2.28. The van der Waals surface area contributed by atoms with Crippen LogP contribution in [-0.4, -0.2) is 61.6 Å². The zero-order chi connectivity index (χ0) is 10.6. The van der Waals surface area contributed by atoms with Crippen LogP contribution in [0.5, 0.6) is 0 Å². The smallest absolute Gasteiger partial charge is 0.416 e. The van der Waals surface area contributed by atoms with Gasteiger partial charge in [0.2, 0.25) is 5.91 Å². The lowest BCUT2D eigenvalue weighted by atomic mass is 10.4. The number of likely N-dealkylation sites (N-methyl/N-ethyl adjacent to an activating group) is 1. The van der Waals surface area contributed by atoms with E-state index in [0.717, 1.165) is 4.90 Å². The zero-order valence-corrected chi connectivity index (χ0v) is 8.23. The molecule has 1 fully saturated rings. The first-order valence-electron chi connectivity index (χ1n) is 4.51. The van der Waals surface area contributed by atoms with E-state index < -0.39 is 6.09 Å². The molecular weight excluding hydrogens is 186 g/mol. The van der Waals surface area contributed by atoms with Crippen molar-refractivity contribution in [2.75, 3.05) is 39.8 Å². The van der Waals surface area contributed by atoms with E-state index in [0.29, 0.717) is 26.2 Å². The maximum absolute atomic E-state index is 11.5. The van der Waals surface area contributed by atoms with Gasteiger partial charge in [-0.2, -0.15) is 0 Å². The Morgan fingerprint density at radius 2 is 2.43 bits per heavy atom. The Labute approximate surface area is 82.6 Å². The molecule has 2 N–H and O–H groups in total. The van der Waals surface area contributed by atoms with Crippen LogP contribution in [0.25, 0.3) is 0 Å². The van der Waals surface area contributed by atoms with E-state index >= 15 is 0 Å². The van der Waals surface area contributed by atoms with Gasteiger partial charge in [-0.1, -0.05) is 0 Å². The number of nitrogens with zero attached hydrogens (tertiary/aromatic N) is 2. The number of rotatable bonds is 4. The molecule has 1 heterocycles. The lowest BCUT2D eigenvalue weighted by Crippen LogP contribution is -2.40. The van der Waals surface area contributed by atoms with Gasteiger partial charge in [-0.15, -0.1) is 0 Å². The number of amides is 2. The standard InChI is InChI=1S/C8H15N3O3/c1-10(3-2-9)6-7(12)11-4-5-14-8(11)13/h2-6,9H2,1H3. The van der Waals surface area contributed by atoms with Crippen molar-refractivity contribution in [3.8, 4) is 0 Å². The van der Waals surface area contributed by atoms with Gasteiger partial charge < -0.3 is 10.5 Å². The van der Waals surface area contributed by atoms with Gasteiger partial charge in [-0.05, 0) is 7.05 Å². The largest absolute Gasteiger partial charge is 0.447 e. The SMILES string of the molecule is CN(CCN)CC(=O)N1CCOC1=O. The second-order valence-electron chi connectivity index (χ2n) is 3.19. The number of imide groups is 1. The lowest BCUT2D eigenvalue weighted by Gasteiger charge is -2.17. The lowest BCUT2D eigenvalue weighted by molar-refractivity contribution is -0.128. The van der Waals surface area contributed by atoms with Crippen LogP contribution in [0.4, 0.5) is 4.79 Å². The number of carbonyl (C=O) groups is 2. The molecule has 1 aliphatic rings. The molecule has 0 bridgehead atoms. The highest BCUT2D eigenvalue weighted by atomic mass is 16.6. The fourth-order valence-corrected chi connectivity index (χ4v) is 1.24. The second kappa shape index (κ2) is 4.92. The van der Waals surface area contributed by atoms with Crippen LogP contribution in [0.2, 0.25) is 0 Å². The number of nitrogens with two attached hydrogens (primary N) is 1. The third kappa shape index (κ3) is 2.68. The summed E-state index contributed by atoms with van der Waals surface area (Å²) < 4.78 is 4.65. The van der Waals surface area contributed by atoms with Crippen LogP contribution < -0.4 is 5.73 Å². The monoisotopic (exact) mass is 201 g/mol. The Morgan fingerprint density at radius 1 is 1.71 bits per heavy atom. The fraction of sp³-hybridized carbons (Fsp3) is 0.750. The van der Waals surface area contributed by atoms with Crippen molar-refractivity contribution >= 4 is 12.0 Å². The van der Waals surface area contributed by atoms with E-state index in [1.165, 1.54) is 0 Å². The quantitative estimate of drug-likeness (QED) is 0.622. The molecule has 1 saturated heterocycles. The number of carbonyl (C=O) groups excluding carboxylic acids is 2. The van der Waals surface area contributed by atoms with Gasteiger partial charge in [0.1, 0.15) is 6.61 Å². The van der Waals surface area contributed by atoms with Crippen molar-refractivity contribution in [1.82, 2.24) is 9.80 Å². The minimum atomic E-state index is -0.545. The molecule has 0 aromatic heterocycles. The predicted molar refractivity (Wildman–Crippen MR) is 49.6 cm³/mol. The maximum Gasteiger partial charge on any atom is 0.416 e. The van der Waals surface area contributed by atoms with E-state index in [9.17, 15) is 9.59 Å². The maximum atomic E-state index is 11.5. The van der Waals surface area contributed by atoms with Crippen molar-refractivity contribution in [1.29, 1.82) is 0 Å². The van der Waals surface area contributed by atoms with Gasteiger partial charge in [0, 0.05) is 13.1 Å². The van der Waals surface area contributed by atoms with Crippen molar-refractivity contribution in [2.45, 2.75) is 0 Å². The molecule has 0 atom stereocenters. The molecule has 0 radical (unpaired) electrons. The number of hydrogen-bond acceptors (Lipinski definition) is 5. The Hall–Kier alpha value is -1.14. The summed E-state index contributed by atoms with van der Waals surface area (Å²) in [4.78, 5) is 25.4. The fourth-order valence-electron chi connectivity index (χ4n) is 1.24. The first-order valence-corrected chi connectivity index (χ1v) is 4.51. The van der Waals surface area contributed by atoms with Crippen molar-refractivity contribution in [2.24, 2.45) is 5.73 Å². The van der Waals surface area contributed by atoms with Crippen LogP contribution in [0, 0.1) is 0 Å². The second-order valence-corrected chi connectivity index (χ2v) is 3.19. The van der Waals surface area contributed by atoms with Gasteiger partial charge in [0.15, 0.2) is 0 Å².